The van der Waals surface area contributed by atoms with Gasteiger partial charge in [-0.1, -0.05) is 30.3 Å². The number of aliphatic hydroxyl groups excluding tert-OH is 1. The van der Waals surface area contributed by atoms with E-state index in [0.29, 0.717) is 5.56 Å². The Morgan fingerprint density at radius 2 is 2.00 bits per heavy atom. The Labute approximate surface area is 101 Å². The number of nitrogens with zero attached hydrogens (tertiary/aromatic N) is 1. The molecule has 0 heterocycles. The minimum absolute atomic E-state index is 0.360. The molecule has 1 rings (SSSR count). The van der Waals surface area contributed by atoms with Gasteiger partial charge in [-0.3, -0.25) is 0 Å². The highest BCUT2D eigenvalue weighted by atomic mass is 32.2. The third-order valence-electron chi connectivity index (χ3n) is 2.34. The normalized spacial score (nSPS) is 14.9. The van der Waals surface area contributed by atoms with Crippen LogP contribution in [0.15, 0.2) is 30.3 Å². The van der Waals surface area contributed by atoms with E-state index in [4.69, 9.17) is 5.26 Å². The summed E-state index contributed by atoms with van der Waals surface area (Å²) in [6.45, 7) is 0.934. The lowest BCUT2D eigenvalue weighted by molar-refractivity contribution is 0.258. The fourth-order valence-corrected chi connectivity index (χ4v) is 2.22. The molecule has 0 saturated heterocycles. The van der Waals surface area contributed by atoms with Gasteiger partial charge in [-0.15, -0.1) is 0 Å². The SMILES string of the molecule is CC(C#N)S(=O)(=O)NC(CO)c1ccccc1. The highest BCUT2D eigenvalue weighted by Crippen LogP contribution is 2.14. The van der Waals surface area contributed by atoms with Crippen LogP contribution in [-0.4, -0.2) is 25.4 Å². The lowest BCUT2D eigenvalue weighted by atomic mass is 10.1. The molecule has 17 heavy (non-hydrogen) atoms. The van der Waals surface area contributed by atoms with Crippen molar-refractivity contribution in [1.82, 2.24) is 4.72 Å². The maximum Gasteiger partial charge on any atom is 0.228 e. The summed E-state index contributed by atoms with van der Waals surface area (Å²) in [5.74, 6) is 0. The van der Waals surface area contributed by atoms with E-state index in [2.05, 4.69) is 4.72 Å². The van der Waals surface area contributed by atoms with Crippen LogP contribution < -0.4 is 4.72 Å². The third-order valence-corrected chi connectivity index (χ3v) is 3.99. The van der Waals surface area contributed by atoms with Gasteiger partial charge >= 0.3 is 0 Å². The fraction of sp³-hybridized carbons (Fsp3) is 0.364. The molecule has 0 aromatic heterocycles. The molecular weight excluding hydrogens is 240 g/mol. The second kappa shape index (κ2) is 5.77. The van der Waals surface area contributed by atoms with Crippen LogP contribution in [-0.2, 0) is 10.0 Å². The molecule has 0 fully saturated rings. The molecule has 1 aromatic rings. The summed E-state index contributed by atoms with van der Waals surface area (Å²) in [6, 6.07) is 9.64. The maximum atomic E-state index is 11.7. The van der Waals surface area contributed by atoms with Crippen LogP contribution in [0.3, 0.4) is 0 Å². The van der Waals surface area contributed by atoms with Gasteiger partial charge in [-0.25, -0.2) is 13.1 Å². The lowest BCUT2D eigenvalue weighted by Crippen LogP contribution is -2.36. The first-order valence-corrected chi connectivity index (χ1v) is 6.62. The fourth-order valence-electron chi connectivity index (χ4n) is 1.27. The van der Waals surface area contributed by atoms with Crippen LogP contribution in [0.2, 0.25) is 0 Å². The molecular formula is C11H14N2O3S. The number of rotatable bonds is 5. The van der Waals surface area contributed by atoms with Crippen molar-refractivity contribution in [2.45, 2.75) is 18.2 Å². The molecule has 6 heteroatoms. The average molecular weight is 254 g/mol. The molecule has 2 unspecified atom stereocenters. The molecule has 0 bridgehead atoms. The van der Waals surface area contributed by atoms with Crippen molar-refractivity contribution in [3.8, 4) is 6.07 Å². The van der Waals surface area contributed by atoms with Gasteiger partial charge in [-0.2, -0.15) is 5.26 Å². The first-order chi connectivity index (χ1) is 8.01. The summed E-state index contributed by atoms with van der Waals surface area (Å²) >= 11 is 0. The van der Waals surface area contributed by atoms with E-state index >= 15 is 0 Å². The van der Waals surface area contributed by atoms with E-state index < -0.39 is 21.3 Å². The van der Waals surface area contributed by atoms with Gasteiger partial charge in [0.2, 0.25) is 10.0 Å². The van der Waals surface area contributed by atoms with Gasteiger partial charge in [0.05, 0.1) is 18.7 Å². The first-order valence-electron chi connectivity index (χ1n) is 5.08. The molecule has 2 N–H and O–H groups in total. The van der Waals surface area contributed by atoms with Gasteiger partial charge in [-0.05, 0) is 12.5 Å². The molecule has 0 radical (unpaired) electrons. The first kappa shape index (κ1) is 13.6. The number of nitriles is 1. The summed E-state index contributed by atoms with van der Waals surface area (Å²) in [7, 11) is -3.74. The molecule has 0 aliphatic rings. The van der Waals surface area contributed by atoms with Crippen molar-refractivity contribution in [2.24, 2.45) is 0 Å². The minimum atomic E-state index is -3.74. The van der Waals surface area contributed by atoms with Crippen molar-refractivity contribution < 1.29 is 13.5 Å². The van der Waals surface area contributed by atoms with Crippen molar-refractivity contribution >= 4 is 10.0 Å². The predicted octanol–water partition coefficient (Wildman–Crippen LogP) is 0.551. The number of hydrogen-bond acceptors (Lipinski definition) is 4. The van der Waals surface area contributed by atoms with E-state index in [-0.39, 0.29) is 6.61 Å². The number of hydrogen-bond donors (Lipinski definition) is 2. The van der Waals surface area contributed by atoms with E-state index in [1.54, 1.807) is 36.4 Å². The van der Waals surface area contributed by atoms with Crippen LogP contribution in [0.4, 0.5) is 0 Å². The quantitative estimate of drug-likeness (QED) is 0.803. The Morgan fingerprint density at radius 3 is 2.47 bits per heavy atom. The summed E-state index contributed by atoms with van der Waals surface area (Å²) in [6.07, 6.45) is 0. The van der Waals surface area contributed by atoms with E-state index in [0.717, 1.165) is 0 Å². The van der Waals surface area contributed by atoms with Gasteiger partial charge in [0.1, 0.15) is 0 Å². The van der Waals surface area contributed by atoms with Gasteiger partial charge in [0.25, 0.3) is 0 Å². The smallest absolute Gasteiger partial charge is 0.228 e. The zero-order chi connectivity index (χ0) is 12.9. The Hall–Kier alpha value is -1.42. The summed E-state index contributed by atoms with van der Waals surface area (Å²) in [4.78, 5) is 0. The van der Waals surface area contributed by atoms with Crippen molar-refractivity contribution in [1.29, 1.82) is 5.26 Å². The molecule has 5 nitrogen and oxygen atoms in total. The number of aliphatic hydroxyl groups is 1. The Balaban J connectivity index is 2.90. The van der Waals surface area contributed by atoms with Gasteiger partial charge < -0.3 is 5.11 Å². The van der Waals surface area contributed by atoms with Crippen LogP contribution in [0.5, 0.6) is 0 Å². The highest BCUT2D eigenvalue weighted by Gasteiger charge is 2.24. The minimum Gasteiger partial charge on any atom is -0.394 e. The second-order valence-corrected chi connectivity index (χ2v) is 5.61. The number of nitrogens with one attached hydrogen (secondary N) is 1. The largest absolute Gasteiger partial charge is 0.394 e. The molecule has 0 amide bonds. The van der Waals surface area contributed by atoms with E-state index in [1.807, 2.05) is 0 Å². The van der Waals surface area contributed by atoms with Crippen LogP contribution in [0.25, 0.3) is 0 Å². The van der Waals surface area contributed by atoms with E-state index in [1.165, 1.54) is 6.92 Å². The number of sulfonamides is 1. The van der Waals surface area contributed by atoms with Crippen molar-refractivity contribution in [3.05, 3.63) is 35.9 Å². The molecule has 0 saturated carbocycles. The molecule has 2 atom stereocenters. The Bertz CT molecular complexity index is 493. The highest BCUT2D eigenvalue weighted by molar-refractivity contribution is 7.90. The van der Waals surface area contributed by atoms with Crippen molar-refractivity contribution in [2.75, 3.05) is 6.61 Å². The van der Waals surface area contributed by atoms with Crippen LogP contribution in [0.1, 0.15) is 18.5 Å². The lowest BCUT2D eigenvalue weighted by Gasteiger charge is -2.17. The summed E-state index contributed by atoms with van der Waals surface area (Å²) in [5, 5.41) is 16.6. The van der Waals surface area contributed by atoms with Gasteiger partial charge in [0, 0.05) is 0 Å². The summed E-state index contributed by atoms with van der Waals surface area (Å²) in [5.41, 5.74) is 0.656. The Kier molecular flexibility index (Phi) is 4.63. The van der Waals surface area contributed by atoms with Crippen molar-refractivity contribution in [3.63, 3.8) is 0 Å². The van der Waals surface area contributed by atoms with Gasteiger partial charge in [0.15, 0.2) is 5.25 Å². The molecule has 92 valence electrons. The zero-order valence-corrected chi connectivity index (χ0v) is 10.2. The number of benzene rings is 1. The maximum absolute atomic E-state index is 11.7. The monoisotopic (exact) mass is 254 g/mol. The summed E-state index contributed by atoms with van der Waals surface area (Å²) < 4.78 is 25.6. The zero-order valence-electron chi connectivity index (χ0n) is 9.37. The Morgan fingerprint density at radius 1 is 1.41 bits per heavy atom. The second-order valence-electron chi connectivity index (χ2n) is 3.58. The topological polar surface area (TPSA) is 90.2 Å². The molecule has 0 spiro atoms. The van der Waals surface area contributed by atoms with E-state index in [9.17, 15) is 13.5 Å². The third kappa shape index (κ3) is 3.53. The molecule has 1 aromatic carbocycles. The molecule has 0 aliphatic carbocycles. The molecule has 0 aliphatic heterocycles. The van der Waals surface area contributed by atoms with Crippen LogP contribution in [0, 0.1) is 11.3 Å². The van der Waals surface area contributed by atoms with Crippen LogP contribution >= 0.6 is 0 Å². The predicted molar refractivity (Wildman–Crippen MR) is 63.4 cm³/mol. The average Bonchev–Trinajstić information content (AvgIpc) is 2.36. The standard InChI is InChI=1S/C11H14N2O3S/c1-9(7-12)17(15,16)13-11(8-14)10-5-3-2-4-6-10/h2-6,9,11,13-14H,8H2,1H3.